The van der Waals surface area contributed by atoms with Crippen LogP contribution in [0.15, 0.2) is 30.3 Å². The molecule has 0 radical (unpaired) electrons. The number of hydrogen-bond donors (Lipinski definition) is 1. The van der Waals surface area contributed by atoms with Gasteiger partial charge >= 0.3 is 14.6 Å². The van der Waals surface area contributed by atoms with Gasteiger partial charge < -0.3 is 23.8 Å². The van der Waals surface area contributed by atoms with Crippen molar-refractivity contribution in [2.24, 2.45) is 0 Å². The Kier molecular flexibility index (Phi) is 5.73. The predicted octanol–water partition coefficient (Wildman–Crippen LogP) is 2.83. The maximum atomic E-state index is 12.0. The monoisotopic (exact) mass is 298 g/mol. The highest BCUT2D eigenvalue weighted by Crippen LogP contribution is 2.44. The van der Waals surface area contributed by atoms with E-state index in [1.807, 2.05) is 37.3 Å². The summed E-state index contributed by atoms with van der Waals surface area (Å²) in [7, 11) is 0.483. The molecule has 0 bridgehead atoms. The maximum Gasteiger partial charge on any atom is 0.333 e. The molecule has 1 atom stereocenters. The molecule has 1 N–H and O–H groups in total. The third-order valence-electron chi connectivity index (χ3n) is 2.65. The standard InChI is InChI=1S/C13H19N2O4P/c1-11(19-20-17-8-9-18-20)10-15(2)13(16)14-12-6-4-3-5-7-12/h3-7,11H,8-10H2,1-2H3,(H,14,16). The van der Waals surface area contributed by atoms with Crippen LogP contribution < -0.4 is 5.32 Å². The van der Waals surface area contributed by atoms with Gasteiger partial charge in [0.15, 0.2) is 0 Å². The molecule has 0 aromatic heterocycles. The van der Waals surface area contributed by atoms with Gasteiger partial charge in [-0.15, -0.1) is 0 Å². The van der Waals surface area contributed by atoms with Crippen molar-refractivity contribution in [3.05, 3.63) is 30.3 Å². The van der Waals surface area contributed by atoms with Crippen LogP contribution >= 0.6 is 8.60 Å². The Morgan fingerprint density at radius 1 is 1.40 bits per heavy atom. The van der Waals surface area contributed by atoms with Gasteiger partial charge in [-0.05, 0) is 19.1 Å². The summed E-state index contributed by atoms with van der Waals surface area (Å²) in [6, 6.07) is 9.16. The lowest BCUT2D eigenvalue weighted by molar-refractivity contribution is 0.147. The van der Waals surface area contributed by atoms with Crippen LogP contribution in [0, 0.1) is 0 Å². The van der Waals surface area contributed by atoms with E-state index in [4.69, 9.17) is 13.6 Å². The van der Waals surface area contributed by atoms with Gasteiger partial charge in [0.2, 0.25) is 0 Å². The topological polar surface area (TPSA) is 60.0 Å². The van der Waals surface area contributed by atoms with E-state index in [9.17, 15) is 4.79 Å². The number of benzene rings is 1. The van der Waals surface area contributed by atoms with Gasteiger partial charge in [-0.25, -0.2) is 4.79 Å². The van der Waals surface area contributed by atoms with E-state index in [1.165, 1.54) is 0 Å². The third-order valence-corrected chi connectivity index (χ3v) is 3.96. The van der Waals surface area contributed by atoms with E-state index in [2.05, 4.69) is 5.32 Å². The van der Waals surface area contributed by atoms with Crippen LogP contribution in [0.25, 0.3) is 0 Å². The largest absolute Gasteiger partial charge is 0.333 e. The van der Waals surface area contributed by atoms with Crippen LogP contribution in [-0.4, -0.2) is 43.8 Å². The Hall–Kier alpha value is -1.20. The van der Waals surface area contributed by atoms with Crippen molar-refractivity contribution in [2.75, 3.05) is 32.1 Å². The number of amides is 2. The fraction of sp³-hybridized carbons (Fsp3) is 0.462. The molecule has 1 unspecified atom stereocenters. The minimum atomic E-state index is -1.24. The zero-order valence-corrected chi connectivity index (χ0v) is 12.5. The van der Waals surface area contributed by atoms with Crippen LogP contribution in [0.3, 0.4) is 0 Å². The number of para-hydroxylation sites is 1. The first-order chi connectivity index (χ1) is 9.65. The van der Waals surface area contributed by atoms with Gasteiger partial charge in [0.25, 0.3) is 0 Å². The summed E-state index contributed by atoms with van der Waals surface area (Å²) in [5, 5.41) is 2.81. The molecule has 0 saturated carbocycles. The molecule has 1 heterocycles. The van der Waals surface area contributed by atoms with Gasteiger partial charge in [-0.1, -0.05) is 18.2 Å². The molecular formula is C13H19N2O4P. The summed E-state index contributed by atoms with van der Waals surface area (Å²) in [5.74, 6) is 0. The van der Waals surface area contributed by atoms with Crippen molar-refractivity contribution < 1.29 is 18.4 Å². The molecule has 1 aromatic carbocycles. The normalized spacial score (nSPS) is 16.9. The lowest BCUT2D eigenvalue weighted by atomic mass is 10.3. The van der Waals surface area contributed by atoms with Gasteiger partial charge in [-0.2, -0.15) is 0 Å². The van der Waals surface area contributed by atoms with Crippen molar-refractivity contribution in [3.8, 4) is 0 Å². The van der Waals surface area contributed by atoms with Gasteiger partial charge in [-0.3, -0.25) is 0 Å². The molecule has 1 fully saturated rings. The van der Waals surface area contributed by atoms with E-state index in [0.717, 1.165) is 5.69 Å². The Balaban J connectivity index is 1.75. The fourth-order valence-electron chi connectivity index (χ4n) is 1.71. The number of likely N-dealkylation sites (N-methyl/N-ethyl adjacent to an activating group) is 1. The molecule has 0 aliphatic carbocycles. The summed E-state index contributed by atoms with van der Waals surface area (Å²) >= 11 is 0. The van der Waals surface area contributed by atoms with E-state index in [1.54, 1.807) is 11.9 Å². The predicted molar refractivity (Wildman–Crippen MR) is 77.5 cm³/mol. The second-order valence-corrected chi connectivity index (χ2v) is 5.66. The highest BCUT2D eigenvalue weighted by molar-refractivity contribution is 7.41. The van der Waals surface area contributed by atoms with E-state index < -0.39 is 8.60 Å². The first-order valence-electron chi connectivity index (χ1n) is 6.45. The smallest absolute Gasteiger partial charge is 0.325 e. The Bertz CT molecular complexity index is 426. The van der Waals surface area contributed by atoms with Crippen molar-refractivity contribution in [1.29, 1.82) is 0 Å². The number of rotatable bonds is 5. The minimum Gasteiger partial charge on any atom is -0.325 e. The average molecular weight is 298 g/mol. The number of nitrogens with zero attached hydrogens (tertiary/aromatic N) is 1. The highest BCUT2D eigenvalue weighted by atomic mass is 31.2. The molecule has 20 heavy (non-hydrogen) atoms. The SMILES string of the molecule is CC(CN(C)C(=O)Nc1ccccc1)OP1OCCO1. The number of carbonyl (C=O) groups excluding carboxylic acids is 1. The third kappa shape index (κ3) is 4.72. The molecule has 1 aromatic rings. The first kappa shape index (κ1) is 15.2. The molecule has 2 amide bonds. The van der Waals surface area contributed by atoms with Gasteiger partial charge in [0.05, 0.1) is 19.3 Å². The summed E-state index contributed by atoms with van der Waals surface area (Å²) in [6.45, 7) is 3.50. The molecular weight excluding hydrogens is 279 g/mol. The van der Waals surface area contributed by atoms with Crippen LogP contribution in [0.4, 0.5) is 10.5 Å². The van der Waals surface area contributed by atoms with Crippen molar-refractivity contribution in [1.82, 2.24) is 4.90 Å². The maximum absolute atomic E-state index is 12.0. The van der Waals surface area contributed by atoms with Crippen molar-refractivity contribution in [3.63, 3.8) is 0 Å². The van der Waals surface area contributed by atoms with Crippen LogP contribution in [-0.2, 0) is 13.6 Å². The number of hydrogen-bond acceptors (Lipinski definition) is 4. The Morgan fingerprint density at radius 3 is 2.70 bits per heavy atom. The molecule has 1 saturated heterocycles. The molecule has 1 aliphatic heterocycles. The van der Waals surface area contributed by atoms with E-state index in [-0.39, 0.29) is 12.1 Å². The zero-order valence-electron chi connectivity index (χ0n) is 11.6. The van der Waals surface area contributed by atoms with E-state index >= 15 is 0 Å². The second kappa shape index (κ2) is 7.55. The molecule has 110 valence electrons. The first-order valence-corrected chi connectivity index (χ1v) is 7.54. The number of anilines is 1. The van der Waals surface area contributed by atoms with Gasteiger partial charge in [0, 0.05) is 19.3 Å². The van der Waals surface area contributed by atoms with Gasteiger partial charge in [0.1, 0.15) is 0 Å². The molecule has 7 heteroatoms. The number of nitrogens with one attached hydrogen (secondary N) is 1. The summed E-state index contributed by atoms with van der Waals surface area (Å²) in [4.78, 5) is 13.6. The molecule has 6 nitrogen and oxygen atoms in total. The Labute approximate surface area is 120 Å². The summed E-state index contributed by atoms with van der Waals surface area (Å²) in [6.07, 6.45) is -0.147. The summed E-state index contributed by atoms with van der Waals surface area (Å²) < 4.78 is 16.1. The quantitative estimate of drug-likeness (QED) is 0.849. The van der Waals surface area contributed by atoms with Crippen LogP contribution in [0.1, 0.15) is 6.92 Å². The second-order valence-electron chi connectivity index (χ2n) is 4.48. The van der Waals surface area contributed by atoms with Crippen LogP contribution in [0.5, 0.6) is 0 Å². The summed E-state index contributed by atoms with van der Waals surface area (Å²) in [5.41, 5.74) is 0.768. The van der Waals surface area contributed by atoms with E-state index in [0.29, 0.717) is 19.8 Å². The highest BCUT2D eigenvalue weighted by Gasteiger charge is 2.23. The minimum absolute atomic E-state index is 0.147. The Morgan fingerprint density at radius 2 is 2.05 bits per heavy atom. The van der Waals surface area contributed by atoms with Crippen LogP contribution in [0.2, 0.25) is 0 Å². The average Bonchev–Trinajstić information content (AvgIpc) is 2.92. The number of urea groups is 1. The molecule has 2 rings (SSSR count). The lowest BCUT2D eigenvalue weighted by Gasteiger charge is -2.23. The van der Waals surface area contributed by atoms with Crippen molar-refractivity contribution >= 4 is 20.3 Å². The fourth-order valence-corrected chi connectivity index (χ4v) is 2.71. The number of carbonyl (C=O) groups is 1. The van der Waals surface area contributed by atoms with Crippen molar-refractivity contribution in [2.45, 2.75) is 13.0 Å². The molecule has 1 aliphatic rings. The molecule has 0 spiro atoms. The lowest BCUT2D eigenvalue weighted by Crippen LogP contribution is -2.36. The zero-order chi connectivity index (χ0) is 14.4.